The van der Waals surface area contributed by atoms with Crippen molar-refractivity contribution in [2.75, 3.05) is 11.9 Å². The van der Waals surface area contributed by atoms with Crippen LogP contribution in [0.15, 0.2) is 42.9 Å². The lowest BCUT2D eigenvalue weighted by Gasteiger charge is -2.06. The number of hydrogen-bond donors (Lipinski definition) is 4. The van der Waals surface area contributed by atoms with Crippen molar-refractivity contribution in [2.24, 2.45) is 5.73 Å². The summed E-state index contributed by atoms with van der Waals surface area (Å²) in [7, 11) is 0. The molecule has 1 amide bonds. The average Bonchev–Trinajstić information content (AvgIpc) is 3.46. The zero-order valence-corrected chi connectivity index (χ0v) is 17.9. The fraction of sp³-hybridized carbons (Fsp3) is 0.333. The van der Waals surface area contributed by atoms with Crippen molar-refractivity contribution >= 4 is 29.0 Å². The SMILES string of the molecule is NCCCCC(=O)OCc1ccc(NC(=O)c2ccc(CNCc3ncc[nH]3)s2)nc1. The summed E-state index contributed by atoms with van der Waals surface area (Å²) in [6.07, 6.45) is 6.97. The van der Waals surface area contributed by atoms with Crippen LogP contribution in [0.1, 0.15) is 45.2 Å². The van der Waals surface area contributed by atoms with Crippen LogP contribution in [0.5, 0.6) is 0 Å². The van der Waals surface area contributed by atoms with E-state index in [9.17, 15) is 9.59 Å². The molecule has 0 spiro atoms. The summed E-state index contributed by atoms with van der Waals surface area (Å²) in [5, 5.41) is 6.06. The molecule has 3 aromatic rings. The number of unbranched alkanes of at least 4 members (excludes halogenated alkanes) is 1. The molecule has 31 heavy (non-hydrogen) atoms. The average molecular weight is 443 g/mol. The number of anilines is 1. The van der Waals surface area contributed by atoms with E-state index in [1.807, 2.05) is 6.07 Å². The van der Waals surface area contributed by atoms with Crippen LogP contribution in [0.3, 0.4) is 0 Å². The Labute approximate surface area is 184 Å². The monoisotopic (exact) mass is 442 g/mol. The van der Waals surface area contributed by atoms with Gasteiger partial charge in [0.2, 0.25) is 0 Å². The first kappa shape index (κ1) is 22.6. The van der Waals surface area contributed by atoms with Crippen LogP contribution >= 0.6 is 11.3 Å². The lowest BCUT2D eigenvalue weighted by Crippen LogP contribution is -2.13. The van der Waals surface area contributed by atoms with Gasteiger partial charge >= 0.3 is 5.97 Å². The van der Waals surface area contributed by atoms with Crippen molar-refractivity contribution in [3.63, 3.8) is 0 Å². The van der Waals surface area contributed by atoms with E-state index in [-0.39, 0.29) is 18.5 Å². The van der Waals surface area contributed by atoms with Gasteiger partial charge in [-0.2, -0.15) is 0 Å². The Hall–Kier alpha value is -3.08. The first-order valence-electron chi connectivity index (χ1n) is 10.0. The largest absolute Gasteiger partial charge is 0.461 e. The number of rotatable bonds is 12. The molecule has 164 valence electrons. The smallest absolute Gasteiger partial charge is 0.306 e. The number of aromatic amines is 1. The molecule has 3 aromatic heterocycles. The van der Waals surface area contributed by atoms with Gasteiger partial charge in [0, 0.05) is 42.0 Å². The highest BCUT2D eigenvalue weighted by Crippen LogP contribution is 2.18. The van der Waals surface area contributed by atoms with E-state index in [1.165, 1.54) is 11.3 Å². The summed E-state index contributed by atoms with van der Waals surface area (Å²) in [5.41, 5.74) is 6.16. The highest BCUT2D eigenvalue weighted by molar-refractivity contribution is 7.14. The van der Waals surface area contributed by atoms with Gasteiger partial charge in [-0.3, -0.25) is 9.59 Å². The number of nitrogens with one attached hydrogen (secondary N) is 3. The molecule has 9 nitrogen and oxygen atoms in total. The number of nitrogens with zero attached hydrogens (tertiary/aromatic N) is 2. The summed E-state index contributed by atoms with van der Waals surface area (Å²) in [6, 6.07) is 7.18. The van der Waals surface area contributed by atoms with Gasteiger partial charge < -0.3 is 26.1 Å². The summed E-state index contributed by atoms with van der Waals surface area (Å²) in [5.74, 6) is 0.839. The first-order chi connectivity index (χ1) is 15.1. The van der Waals surface area contributed by atoms with Crippen molar-refractivity contribution in [3.8, 4) is 0 Å². The number of nitrogens with two attached hydrogens (primary N) is 1. The third-order valence-corrected chi connectivity index (χ3v) is 5.42. The van der Waals surface area contributed by atoms with E-state index < -0.39 is 0 Å². The van der Waals surface area contributed by atoms with Crippen LogP contribution in [-0.2, 0) is 29.2 Å². The number of ether oxygens (including phenoxy) is 1. The Morgan fingerprint density at radius 3 is 2.77 bits per heavy atom. The third-order valence-electron chi connectivity index (χ3n) is 4.33. The summed E-state index contributed by atoms with van der Waals surface area (Å²) in [4.78, 5) is 37.2. The van der Waals surface area contributed by atoms with Crippen molar-refractivity contribution in [2.45, 2.75) is 39.0 Å². The number of carbonyl (C=O) groups excluding carboxylic acids is 2. The molecule has 0 unspecified atom stereocenters. The molecule has 3 rings (SSSR count). The molecule has 0 saturated heterocycles. The van der Waals surface area contributed by atoms with Crippen LogP contribution in [-0.4, -0.2) is 33.4 Å². The molecule has 10 heteroatoms. The van der Waals surface area contributed by atoms with E-state index >= 15 is 0 Å². The number of imidazole rings is 1. The minimum Gasteiger partial charge on any atom is -0.461 e. The van der Waals surface area contributed by atoms with Crippen LogP contribution in [0.25, 0.3) is 0 Å². The van der Waals surface area contributed by atoms with Gasteiger partial charge in [-0.15, -0.1) is 11.3 Å². The number of thiophene rings is 1. The number of H-pyrrole nitrogens is 1. The fourth-order valence-electron chi connectivity index (χ4n) is 2.71. The Bertz CT molecular complexity index is 956. The number of amides is 1. The molecule has 0 fully saturated rings. The number of aromatic nitrogens is 3. The maximum Gasteiger partial charge on any atom is 0.306 e. The minimum atomic E-state index is -0.252. The molecular formula is C21H26N6O3S. The summed E-state index contributed by atoms with van der Waals surface area (Å²) < 4.78 is 5.21. The zero-order valence-electron chi connectivity index (χ0n) is 17.1. The lowest BCUT2D eigenvalue weighted by molar-refractivity contribution is -0.145. The summed E-state index contributed by atoms with van der Waals surface area (Å²) >= 11 is 1.42. The van der Waals surface area contributed by atoms with Crippen LogP contribution < -0.4 is 16.4 Å². The topological polar surface area (TPSA) is 135 Å². The van der Waals surface area contributed by atoms with Gasteiger partial charge in [0.1, 0.15) is 18.2 Å². The highest BCUT2D eigenvalue weighted by atomic mass is 32.1. The Morgan fingerprint density at radius 1 is 1.13 bits per heavy atom. The second-order valence-corrected chi connectivity index (χ2v) is 7.99. The standard InChI is InChI=1S/C21H26N6O3S/c22-8-2-1-3-20(28)30-14-15-4-7-18(26-11-15)27-21(29)17-6-5-16(31-17)12-23-13-19-24-9-10-25-19/h4-7,9-11,23H,1-3,8,12-14,22H2,(H,24,25)(H,26,27,29). The molecule has 0 radical (unpaired) electrons. The quantitative estimate of drug-likeness (QED) is 0.250. The van der Waals surface area contributed by atoms with Gasteiger partial charge in [-0.25, -0.2) is 9.97 Å². The van der Waals surface area contributed by atoms with Crippen LogP contribution in [0.4, 0.5) is 5.82 Å². The van der Waals surface area contributed by atoms with E-state index in [2.05, 4.69) is 25.6 Å². The van der Waals surface area contributed by atoms with E-state index in [1.54, 1.807) is 36.8 Å². The van der Waals surface area contributed by atoms with Crippen molar-refractivity contribution in [1.29, 1.82) is 0 Å². The third kappa shape index (κ3) is 7.59. The molecule has 5 N–H and O–H groups in total. The highest BCUT2D eigenvalue weighted by Gasteiger charge is 2.11. The van der Waals surface area contributed by atoms with Gasteiger partial charge in [-0.05, 0) is 37.6 Å². The molecule has 0 bridgehead atoms. The number of esters is 1. The molecule has 0 atom stereocenters. The zero-order chi connectivity index (χ0) is 21.9. The lowest BCUT2D eigenvalue weighted by atomic mass is 10.2. The number of pyridine rings is 1. The number of carbonyl (C=O) groups is 2. The van der Waals surface area contributed by atoms with E-state index in [0.717, 1.165) is 29.1 Å². The molecule has 0 aliphatic heterocycles. The Kier molecular flexibility index (Phi) is 8.71. The van der Waals surface area contributed by atoms with Gasteiger partial charge in [-0.1, -0.05) is 6.07 Å². The normalized spacial score (nSPS) is 10.7. The van der Waals surface area contributed by atoms with Crippen LogP contribution in [0, 0.1) is 0 Å². The predicted molar refractivity (Wildman–Crippen MR) is 118 cm³/mol. The molecule has 0 saturated carbocycles. The minimum absolute atomic E-state index is 0.155. The first-order valence-corrected chi connectivity index (χ1v) is 10.9. The van der Waals surface area contributed by atoms with E-state index in [0.29, 0.717) is 36.8 Å². The second-order valence-electron chi connectivity index (χ2n) is 6.82. The maximum absolute atomic E-state index is 12.5. The Morgan fingerprint density at radius 2 is 2.03 bits per heavy atom. The molecule has 0 aliphatic carbocycles. The fourth-order valence-corrected chi connectivity index (χ4v) is 3.58. The van der Waals surface area contributed by atoms with Gasteiger partial charge in [0.25, 0.3) is 5.91 Å². The van der Waals surface area contributed by atoms with Crippen molar-refractivity contribution < 1.29 is 14.3 Å². The van der Waals surface area contributed by atoms with Crippen molar-refractivity contribution in [1.82, 2.24) is 20.3 Å². The Balaban J connectivity index is 1.42. The molecule has 0 aromatic carbocycles. The molecular weight excluding hydrogens is 416 g/mol. The van der Waals surface area contributed by atoms with Gasteiger partial charge in [0.15, 0.2) is 0 Å². The number of hydrogen-bond acceptors (Lipinski definition) is 8. The van der Waals surface area contributed by atoms with Crippen LogP contribution in [0.2, 0.25) is 0 Å². The second kappa shape index (κ2) is 11.9. The predicted octanol–water partition coefficient (Wildman–Crippen LogP) is 2.58. The maximum atomic E-state index is 12.5. The molecule has 3 heterocycles. The molecule has 0 aliphatic rings. The van der Waals surface area contributed by atoms with Gasteiger partial charge in [0.05, 0.1) is 11.4 Å². The van der Waals surface area contributed by atoms with Crippen molar-refractivity contribution in [3.05, 3.63) is 64.0 Å². The summed E-state index contributed by atoms with van der Waals surface area (Å²) in [6.45, 7) is 2.00. The van der Waals surface area contributed by atoms with E-state index in [4.69, 9.17) is 10.5 Å².